The van der Waals surface area contributed by atoms with E-state index in [-0.39, 0.29) is 11.5 Å². The number of ether oxygens (including phenoxy) is 1. The highest BCUT2D eigenvalue weighted by Crippen LogP contribution is 2.26. The summed E-state index contributed by atoms with van der Waals surface area (Å²) >= 11 is 1.61. The molecule has 0 unspecified atom stereocenters. The topological polar surface area (TPSA) is 67.7 Å². The second-order valence-electron chi connectivity index (χ2n) is 9.66. The summed E-state index contributed by atoms with van der Waals surface area (Å²) in [5.41, 5.74) is 2.81. The summed E-state index contributed by atoms with van der Waals surface area (Å²) in [6, 6.07) is 21.3. The molecule has 0 aliphatic heterocycles. The van der Waals surface area contributed by atoms with Crippen LogP contribution in [0.15, 0.2) is 89.3 Å². The molecule has 5 aromatic rings. The summed E-state index contributed by atoms with van der Waals surface area (Å²) in [5, 5.41) is 3.95. The molecule has 1 amide bonds. The van der Waals surface area contributed by atoms with Gasteiger partial charge in [-0.05, 0) is 54.4 Å². The van der Waals surface area contributed by atoms with Crippen molar-refractivity contribution in [3.05, 3.63) is 106 Å². The van der Waals surface area contributed by atoms with Gasteiger partial charge in [0.1, 0.15) is 5.75 Å². The Bertz CT molecular complexity index is 1630. The van der Waals surface area contributed by atoms with Crippen LogP contribution in [0.25, 0.3) is 21.0 Å². The van der Waals surface area contributed by atoms with E-state index in [0.29, 0.717) is 13.2 Å². The number of nitrogens with zero attached hydrogens (tertiary/aromatic N) is 4. The maximum absolute atomic E-state index is 13.2. The average Bonchev–Trinajstić information content (AvgIpc) is 3.40. The molecule has 0 saturated carbocycles. The standard InChI is InChI=1S/C31H32N4O3S/c1-33(31(37)27-22-39-29-7-4-3-6-26(27)29)17-18-35(21-23-12-14-32-15-13-23)16-5-19-38-25-9-10-28-24(20-25)8-11-30(36)34(28)2/h3-4,6-15,20,22H,5,16-19,21H2,1-2H3. The molecular formula is C31H32N4O3S. The van der Waals surface area contributed by atoms with Crippen LogP contribution in [0.1, 0.15) is 22.3 Å². The molecule has 39 heavy (non-hydrogen) atoms. The molecule has 3 aromatic heterocycles. The molecule has 0 aliphatic rings. The number of benzene rings is 2. The first-order chi connectivity index (χ1) is 19.0. The van der Waals surface area contributed by atoms with E-state index < -0.39 is 0 Å². The summed E-state index contributed by atoms with van der Waals surface area (Å²) in [6.07, 6.45) is 4.45. The maximum Gasteiger partial charge on any atom is 0.255 e. The van der Waals surface area contributed by atoms with Crippen molar-refractivity contribution in [2.45, 2.75) is 13.0 Å². The second kappa shape index (κ2) is 12.2. The molecule has 0 atom stereocenters. The van der Waals surface area contributed by atoms with Gasteiger partial charge in [0, 0.05) is 79.6 Å². The van der Waals surface area contributed by atoms with Crippen molar-refractivity contribution < 1.29 is 9.53 Å². The third-order valence-electron chi connectivity index (χ3n) is 6.95. The molecular weight excluding hydrogens is 508 g/mol. The lowest BCUT2D eigenvalue weighted by Gasteiger charge is -2.26. The predicted octanol–water partition coefficient (Wildman–Crippen LogP) is 5.19. The molecule has 200 valence electrons. The molecule has 0 saturated heterocycles. The number of thiophene rings is 1. The minimum absolute atomic E-state index is 0.0264. The quantitative estimate of drug-likeness (QED) is 0.216. The van der Waals surface area contributed by atoms with Gasteiger partial charge < -0.3 is 14.2 Å². The van der Waals surface area contributed by atoms with E-state index >= 15 is 0 Å². The van der Waals surface area contributed by atoms with Crippen molar-refractivity contribution in [2.75, 3.05) is 33.3 Å². The van der Waals surface area contributed by atoms with Gasteiger partial charge in [0.05, 0.1) is 17.7 Å². The molecule has 8 heteroatoms. The zero-order valence-corrected chi connectivity index (χ0v) is 23.1. The van der Waals surface area contributed by atoms with E-state index in [4.69, 9.17) is 4.74 Å². The number of pyridine rings is 2. The molecule has 0 bridgehead atoms. The first-order valence-corrected chi connectivity index (χ1v) is 13.9. The van der Waals surface area contributed by atoms with E-state index in [1.165, 1.54) is 5.56 Å². The van der Waals surface area contributed by atoms with E-state index in [1.807, 2.05) is 84.3 Å². The van der Waals surface area contributed by atoms with Gasteiger partial charge >= 0.3 is 0 Å². The molecule has 0 N–H and O–H groups in total. The summed E-state index contributed by atoms with van der Waals surface area (Å²) in [6.45, 7) is 3.54. The fourth-order valence-corrected chi connectivity index (χ4v) is 5.62. The van der Waals surface area contributed by atoms with Gasteiger partial charge in [-0.25, -0.2) is 0 Å². The Hall–Kier alpha value is -4.01. The Labute approximate surface area is 231 Å². The normalized spacial score (nSPS) is 11.4. The van der Waals surface area contributed by atoms with Crippen molar-refractivity contribution >= 4 is 38.2 Å². The zero-order chi connectivity index (χ0) is 27.2. The molecule has 0 radical (unpaired) electrons. The lowest BCUT2D eigenvalue weighted by Crippen LogP contribution is -2.36. The summed E-state index contributed by atoms with van der Waals surface area (Å²) in [4.78, 5) is 33.4. The molecule has 0 spiro atoms. The van der Waals surface area contributed by atoms with E-state index in [1.54, 1.807) is 29.0 Å². The van der Waals surface area contributed by atoms with Crippen LogP contribution in [0, 0.1) is 0 Å². The van der Waals surface area contributed by atoms with Gasteiger partial charge in [-0.15, -0.1) is 11.3 Å². The SMILES string of the molecule is CN(CCN(CCCOc1ccc2c(ccc(=O)n2C)c1)Cc1ccncc1)C(=O)c1csc2ccccc12. The van der Waals surface area contributed by atoms with Crippen molar-refractivity contribution in [3.8, 4) is 5.75 Å². The van der Waals surface area contributed by atoms with Crippen LogP contribution in [0.5, 0.6) is 5.75 Å². The van der Waals surface area contributed by atoms with Crippen LogP contribution in [0.4, 0.5) is 0 Å². The van der Waals surface area contributed by atoms with Gasteiger partial charge in [0.25, 0.3) is 11.5 Å². The molecule has 2 aromatic carbocycles. The highest BCUT2D eigenvalue weighted by molar-refractivity contribution is 7.17. The number of hydrogen-bond acceptors (Lipinski definition) is 6. The fourth-order valence-electron chi connectivity index (χ4n) is 4.69. The average molecular weight is 541 g/mol. The third kappa shape index (κ3) is 6.35. The van der Waals surface area contributed by atoms with Gasteiger partial charge in [0.15, 0.2) is 0 Å². The minimum Gasteiger partial charge on any atom is -0.494 e. The molecule has 0 aliphatic carbocycles. The number of aromatic nitrogens is 2. The van der Waals surface area contributed by atoms with Crippen molar-refractivity contribution in [3.63, 3.8) is 0 Å². The molecule has 5 rings (SSSR count). The fraction of sp³-hybridized carbons (Fsp3) is 0.258. The monoisotopic (exact) mass is 540 g/mol. The number of hydrogen-bond donors (Lipinski definition) is 0. The zero-order valence-electron chi connectivity index (χ0n) is 22.2. The van der Waals surface area contributed by atoms with Crippen LogP contribution < -0.4 is 10.3 Å². The highest BCUT2D eigenvalue weighted by Gasteiger charge is 2.17. The lowest BCUT2D eigenvalue weighted by atomic mass is 10.1. The van der Waals surface area contributed by atoms with E-state index in [9.17, 15) is 9.59 Å². The van der Waals surface area contributed by atoms with Crippen LogP contribution in [-0.4, -0.2) is 58.5 Å². The van der Waals surface area contributed by atoms with Crippen molar-refractivity contribution in [2.24, 2.45) is 7.05 Å². The highest BCUT2D eigenvalue weighted by atomic mass is 32.1. The smallest absolute Gasteiger partial charge is 0.255 e. The van der Waals surface area contributed by atoms with Crippen LogP contribution in [0.2, 0.25) is 0 Å². The first-order valence-electron chi connectivity index (χ1n) is 13.0. The molecule has 7 nitrogen and oxygen atoms in total. The predicted molar refractivity (Wildman–Crippen MR) is 158 cm³/mol. The van der Waals surface area contributed by atoms with Crippen molar-refractivity contribution in [1.82, 2.24) is 19.4 Å². The van der Waals surface area contributed by atoms with Crippen LogP contribution in [0.3, 0.4) is 0 Å². The largest absolute Gasteiger partial charge is 0.494 e. The summed E-state index contributed by atoms with van der Waals surface area (Å²) < 4.78 is 8.82. The number of rotatable bonds is 11. The Morgan fingerprint density at radius 1 is 1.00 bits per heavy atom. The van der Waals surface area contributed by atoms with Crippen molar-refractivity contribution in [1.29, 1.82) is 0 Å². The van der Waals surface area contributed by atoms with Gasteiger partial charge in [-0.2, -0.15) is 0 Å². The maximum atomic E-state index is 13.2. The molecule has 3 heterocycles. The van der Waals surface area contributed by atoms with E-state index in [0.717, 1.165) is 58.4 Å². The minimum atomic E-state index is -0.0264. The lowest BCUT2D eigenvalue weighted by molar-refractivity contribution is 0.0776. The van der Waals surface area contributed by atoms with Crippen LogP contribution >= 0.6 is 11.3 Å². The Morgan fingerprint density at radius 3 is 2.67 bits per heavy atom. The number of carbonyl (C=O) groups is 1. The summed E-state index contributed by atoms with van der Waals surface area (Å²) in [7, 11) is 3.65. The summed E-state index contributed by atoms with van der Waals surface area (Å²) in [5.74, 6) is 0.837. The Morgan fingerprint density at radius 2 is 1.82 bits per heavy atom. The number of carbonyl (C=O) groups excluding carboxylic acids is 1. The molecule has 0 fully saturated rings. The number of amides is 1. The van der Waals surface area contributed by atoms with Gasteiger partial charge in [-0.1, -0.05) is 18.2 Å². The third-order valence-corrected chi connectivity index (χ3v) is 7.91. The second-order valence-corrected chi connectivity index (χ2v) is 10.6. The first kappa shape index (κ1) is 26.6. The Balaban J connectivity index is 1.18. The van der Waals surface area contributed by atoms with Crippen LogP contribution in [-0.2, 0) is 13.6 Å². The van der Waals surface area contributed by atoms with E-state index in [2.05, 4.69) is 16.0 Å². The number of fused-ring (bicyclic) bond motifs is 2. The number of aryl methyl sites for hydroxylation is 1. The van der Waals surface area contributed by atoms with Gasteiger partial charge in [-0.3, -0.25) is 19.5 Å². The Kier molecular flexibility index (Phi) is 8.34. The number of likely N-dealkylation sites (N-methyl/N-ethyl adjacent to an activating group) is 1. The van der Waals surface area contributed by atoms with Gasteiger partial charge in [0.2, 0.25) is 0 Å².